The molecule has 1 aromatic heterocycles. The van der Waals surface area contributed by atoms with Crippen molar-refractivity contribution in [1.29, 1.82) is 0 Å². The molecule has 1 aliphatic carbocycles. The Morgan fingerprint density at radius 1 is 1.22 bits per heavy atom. The molecule has 0 radical (unpaired) electrons. The van der Waals surface area contributed by atoms with Gasteiger partial charge in [0.25, 0.3) is 5.91 Å². The number of carbonyl (C=O) groups is 1. The van der Waals surface area contributed by atoms with Crippen molar-refractivity contribution in [3.05, 3.63) is 69.3 Å². The van der Waals surface area contributed by atoms with E-state index in [0.717, 1.165) is 44.7 Å². The van der Waals surface area contributed by atoms with Crippen molar-refractivity contribution < 1.29 is 9.21 Å². The zero-order valence-corrected chi connectivity index (χ0v) is 15.7. The summed E-state index contributed by atoms with van der Waals surface area (Å²) in [6, 6.07) is 12.3. The normalized spacial score (nSPS) is 20.4. The number of hydrogen-bond donors (Lipinski definition) is 1. The standard InChI is InChI=1S/C22H26N2O3/c1-15-12-19(17-8-5-9-17)27-22(26)20(15)21(25)23-18-10-11-24(14-18)13-16-6-3-2-4-7-16/h2-4,6-7,12,17-18H,5,8-11,13-14H2,1H3,(H,23,25). The molecule has 1 amide bonds. The molecule has 2 aliphatic rings. The first-order chi connectivity index (χ1) is 13.1. The minimum Gasteiger partial charge on any atom is -0.427 e. The highest BCUT2D eigenvalue weighted by Crippen LogP contribution is 2.36. The van der Waals surface area contributed by atoms with E-state index in [4.69, 9.17) is 4.42 Å². The molecule has 142 valence electrons. The van der Waals surface area contributed by atoms with Crippen LogP contribution < -0.4 is 10.9 Å². The smallest absolute Gasteiger partial charge is 0.349 e. The van der Waals surface area contributed by atoms with Crippen LogP contribution in [-0.4, -0.2) is 29.9 Å². The SMILES string of the molecule is Cc1cc(C2CCC2)oc(=O)c1C(=O)NC1CCN(Cc2ccccc2)C1. The summed E-state index contributed by atoms with van der Waals surface area (Å²) in [5.41, 5.74) is 1.63. The van der Waals surface area contributed by atoms with Crippen LogP contribution in [0, 0.1) is 6.92 Å². The summed E-state index contributed by atoms with van der Waals surface area (Å²) >= 11 is 0. The van der Waals surface area contributed by atoms with E-state index >= 15 is 0 Å². The van der Waals surface area contributed by atoms with Gasteiger partial charge in [-0.15, -0.1) is 0 Å². The highest BCUT2D eigenvalue weighted by molar-refractivity contribution is 5.95. The first-order valence-electron chi connectivity index (χ1n) is 9.82. The number of nitrogens with one attached hydrogen (secondary N) is 1. The second-order valence-corrected chi connectivity index (χ2v) is 7.80. The van der Waals surface area contributed by atoms with Gasteiger partial charge in [-0.25, -0.2) is 4.79 Å². The van der Waals surface area contributed by atoms with Crippen LogP contribution in [-0.2, 0) is 6.54 Å². The minimum absolute atomic E-state index is 0.0614. The van der Waals surface area contributed by atoms with Gasteiger partial charge in [0, 0.05) is 31.6 Å². The van der Waals surface area contributed by atoms with Crippen molar-refractivity contribution >= 4 is 5.91 Å². The predicted molar refractivity (Wildman–Crippen MR) is 104 cm³/mol. The summed E-state index contributed by atoms with van der Waals surface area (Å²) in [6.07, 6.45) is 4.19. The van der Waals surface area contributed by atoms with Gasteiger partial charge in [-0.3, -0.25) is 9.69 Å². The van der Waals surface area contributed by atoms with Gasteiger partial charge in [0.15, 0.2) is 0 Å². The van der Waals surface area contributed by atoms with Crippen LogP contribution in [0.2, 0.25) is 0 Å². The number of carbonyl (C=O) groups excluding carboxylic acids is 1. The molecule has 4 rings (SSSR count). The third kappa shape index (κ3) is 3.98. The topological polar surface area (TPSA) is 62.6 Å². The van der Waals surface area contributed by atoms with E-state index in [-0.39, 0.29) is 17.5 Å². The Bertz CT molecular complexity index is 871. The maximum absolute atomic E-state index is 12.7. The lowest BCUT2D eigenvalue weighted by atomic mass is 9.83. The van der Waals surface area contributed by atoms with E-state index < -0.39 is 5.63 Å². The van der Waals surface area contributed by atoms with Crippen molar-refractivity contribution in [1.82, 2.24) is 10.2 Å². The molecule has 1 N–H and O–H groups in total. The number of rotatable bonds is 5. The molecule has 5 nitrogen and oxygen atoms in total. The van der Waals surface area contributed by atoms with Crippen LogP contribution in [0.25, 0.3) is 0 Å². The zero-order chi connectivity index (χ0) is 18.8. The van der Waals surface area contributed by atoms with E-state index in [1.54, 1.807) is 0 Å². The molecule has 2 fully saturated rings. The average molecular weight is 366 g/mol. The maximum Gasteiger partial charge on any atom is 0.349 e. The lowest BCUT2D eigenvalue weighted by molar-refractivity contribution is 0.0932. The Labute approximate surface area is 159 Å². The molecular weight excluding hydrogens is 340 g/mol. The third-order valence-corrected chi connectivity index (χ3v) is 5.76. The van der Waals surface area contributed by atoms with E-state index in [2.05, 4.69) is 22.3 Å². The first-order valence-corrected chi connectivity index (χ1v) is 9.82. The fourth-order valence-corrected chi connectivity index (χ4v) is 3.99. The van der Waals surface area contributed by atoms with E-state index in [1.165, 1.54) is 12.0 Å². The molecule has 2 aromatic rings. The van der Waals surface area contributed by atoms with Crippen LogP contribution in [0.4, 0.5) is 0 Å². The molecule has 1 atom stereocenters. The molecule has 1 saturated carbocycles. The molecular formula is C22H26N2O3. The Morgan fingerprint density at radius 3 is 2.67 bits per heavy atom. The lowest BCUT2D eigenvalue weighted by Gasteiger charge is -2.24. The average Bonchev–Trinajstić information content (AvgIpc) is 3.00. The van der Waals surface area contributed by atoms with Gasteiger partial charge in [-0.2, -0.15) is 0 Å². The number of likely N-dealkylation sites (tertiary alicyclic amines) is 1. The number of amides is 1. The first kappa shape index (κ1) is 18.0. The van der Waals surface area contributed by atoms with Gasteiger partial charge < -0.3 is 9.73 Å². The monoisotopic (exact) mass is 366 g/mol. The molecule has 1 aromatic carbocycles. The van der Waals surface area contributed by atoms with Crippen LogP contribution in [0.5, 0.6) is 0 Å². The molecule has 0 spiro atoms. The quantitative estimate of drug-likeness (QED) is 0.883. The Morgan fingerprint density at radius 2 is 2.00 bits per heavy atom. The second-order valence-electron chi connectivity index (χ2n) is 7.80. The highest BCUT2D eigenvalue weighted by atomic mass is 16.4. The number of nitrogens with zero attached hydrogens (tertiary/aromatic N) is 1. The highest BCUT2D eigenvalue weighted by Gasteiger charge is 2.28. The van der Waals surface area contributed by atoms with Gasteiger partial charge in [-0.1, -0.05) is 36.8 Å². The molecule has 27 heavy (non-hydrogen) atoms. The summed E-state index contributed by atoms with van der Waals surface area (Å²) in [6.45, 7) is 4.44. The van der Waals surface area contributed by atoms with Crippen molar-refractivity contribution in [3.63, 3.8) is 0 Å². The predicted octanol–water partition coefficient (Wildman–Crippen LogP) is 3.22. The van der Waals surface area contributed by atoms with Crippen molar-refractivity contribution in [2.45, 2.75) is 51.1 Å². The number of hydrogen-bond acceptors (Lipinski definition) is 4. The van der Waals surface area contributed by atoms with E-state index in [1.807, 2.05) is 31.2 Å². The zero-order valence-electron chi connectivity index (χ0n) is 15.7. The second kappa shape index (κ2) is 7.69. The number of benzene rings is 1. The van der Waals surface area contributed by atoms with Crippen molar-refractivity contribution in [3.8, 4) is 0 Å². The summed E-state index contributed by atoms with van der Waals surface area (Å²) in [4.78, 5) is 27.4. The van der Waals surface area contributed by atoms with Crippen LogP contribution in [0.1, 0.15) is 58.8 Å². The van der Waals surface area contributed by atoms with Crippen LogP contribution in [0.3, 0.4) is 0 Å². The van der Waals surface area contributed by atoms with Crippen molar-refractivity contribution in [2.75, 3.05) is 13.1 Å². The van der Waals surface area contributed by atoms with E-state index in [0.29, 0.717) is 11.5 Å². The van der Waals surface area contributed by atoms with Gasteiger partial charge in [0.05, 0.1) is 0 Å². The third-order valence-electron chi connectivity index (χ3n) is 5.76. The largest absolute Gasteiger partial charge is 0.427 e. The summed E-state index contributed by atoms with van der Waals surface area (Å²) in [5.74, 6) is 0.762. The van der Waals surface area contributed by atoms with Gasteiger partial charge in [-0.05, 0) is 43.4 Å². The Hall–Kier alpha value is -2.40. The Balaban J connectivity index is 1.39. The van der Waals surface area contributed by atoms with Crippen LogP contribution >= 0.6 is 0 Å². The number of aryl methyl sites for hydroxylation is 1. The molecule has 0 bridgehead atoms. The minimum atomic E-state index is -0.506. The van der Waals surface area contributed by atoms with Gasteiger partial charge in [0.1, 0.15) is 11.3 Å². The van der Waals surface area contributed by atoms with Crippen molar-refractivity contribution in [2.24, 2.45) is 0 Å². The van der Waals surface area contributed by atoms with Crippen LogP contribution in [0.15, 0.2) is 45.6 Å². The summed E-state index contributed by atoms with van der Waals surface area (Å²) < 4.78 is 5.45. The van der Waals surface area contributed by atoms with E-state index in [9.17, 15) is 9.59 Å². The fourth-order valence-electron chi connectivity index (χ4n) is 3.99. The molecule has 5 heteroatoms. The molecule has 2 heterocycles. The fraction of sp³-hybridized carbons (Fsp3) is 0.455. The lowest BCUT2D eigenvalue weighted by Crippen LogP contribution is -2.39. The Kier molecular flexibility index (Phi) is 5.12. The summed E-state index contributed by atoms with van der Waals surface area (Å²) in [5, 5.41) is 3.03. The van der Waals surface area contributed by atoms with Gasteiger partial charge >= 0.3 is 5.63 Å². The van der Waals surface area contributed by atoms with Gasteiger partial charge in [0.2, 0.25) is 0 Å². The maximum atomic E-state index is 12.7. The molecule has 1 unspecified atom stereocenters. The summed E-state index contributed by atoms with van der Waals surface area (Å²) in [7, 11) is 0. The molecule has 1 saturated heterocycles. The molecule has 1 aliphatic heterocycles.